The predicted octanol–water partition coefficient (Wildman–Crippen LogP) is 1.25. The van der Waals surface area contributed by atoms with Gasteiger partial charge in [0, 0.05) is 19.3 Å². The Labute approximate surface area is 108 Å². The molecule has 18 heavy (non-hydrogen) atoms. The van der Waals surface area contributed by atoms with Crippen LogP contribution in [0.3, 0.4) is 0 Å². The molecule has 2 unspecified atom stereocenters. The quantitative estimate of drug-likeness (QED) is 0.846. The fourth-order valence-corrected chi connectivity index (χ4v) is 2.38. The molecule has 0 radical (unpaired) electrons. The smallest absolute Gasteiger partial charge is 0.244 e. The molecule has 1 amide bonds. The van der Waals surface area contributed by atoms with Crippen molar-refractivity contribution in [2.75, 3.05) is 18.9 Å². The van der Waals surface area contributed by atoms with Crippen LogP contribution in [0.4, 0.5) is 5.69 Å². The van der Waals surface area contributed by atoms with Crippen LogP contribution in [-0.2, 0) is 11.2 Å². The van der Waals surface area contributed by atoms with E-state index in [0.29, 0.717) is 6.54 Å². The summed E-state index contributed by atoms with van der Waals surface area (Å²) in [5.41, 5.74) is 2.31. The summed E-state index contributed by atoms with van der Waals surface area (Å²) in [5.74, 6) is 0.0467. The Balaban J connectivity index is 2.02. The number of amides is 1. The molecule has 0 saturated carbocycles. The summed E-state index contributed by atoms with van der Waals surface area (Å²) in [6, 6.07) is 7.90. The van der Waals surface area contributed by atoms with Gasteiger partial charge >= 0.3 is 0 Å². The third kappa shape index (κ3) is 2.82. The van der Waals surface area contributed by atoms with E-state index in [4.69, 9.17) is 0 Å². The Morgan fingerprint density at radius 3 is 3.00 bits per heavy atom. The maximum Gasteiger partial charge on any atom is 0.244 e. The van der Waals surface area contributed by atoms with Crippen molar-refractivity contribution < 1.29 is 9.90 Å². The molecule has 1 aliphatic heterocycles. The first-order valence-electron chi connectivity index (χ1n) is 6.35. The van der Waals surface area contributed by atoms with Crippen molar-refractivity contribution >= 4 is 11.6 Å². The lowest BCUT2D eigenvalue weighted by molar-refractivity contribution is -0.132. The zero-order valence-corrected chi connectivity index (χ0v) is 10.9. The molecule has 4 nitrogen and oxygen atoms in total. The average molecular weight is 248 g/mol. The van der Waals surface area contributed by atoms with Crippen molar-refractivity contribution in [1.82, 2.24) is 4.90 Å². The van der Waals surface area contributed by atoms with Crippen molar-refractivity contribution in [2.24, 2.45) is 0 Å². The molecule has 0 aliphatic carbocycles. The Morgan fingerprint density at radius 2 is 2.28 bits per heavy atom. The highest BCUT2D eigenvalue weighted by atomic mass is 16.3. The Bertz CT molecular complexity index is 432. The van der Waals surface area contributed by atoms with Gasteiger partial charge in [-0.3, -0.25) is 4.79 Å². The number of aliphatic hydroxyl groups is 1. The third-order valence-corrected chi connectivity index (χ3v) is 3.26. The molecule has 98 valence electrons. The standard InChI is InChI=1S/C14H20N2O2/c1-10(17)9-16(2)14(18)13-8-7-11-5-3-4-6-12(11)15-13/h3-6,10,13,15,17H,7-9H2,1-2H3. The van der Waals surface area contributed by atoms with Crippen molar-refractivity contribution in [3.63, 3.8) is 0 Å². The second kappa shape index (κ2) is 5.40. The van der Waals surface area contributed by atoms with E-state index in [1.165, 1.54) is 5.56 Å². The molecule has 0 fully saturated rings. The average Bonchev–Trinajstić information content (AvgIpc) is 2.36. The van der Waals surface area contributed by atoms with Crippen molar-refractivity contribution in [3.05, 3.63) is 29.8 Å². The summed E-state index contributed by atoms with van der Waals surface area (Å²) in [6.45, 7) is 2.06. The first-order valence-corrected chi connectivity index (χ1v) is 6.35. The maximum absolute atomic E-state index is 12.2. The number of para-hydroxylation sites is 1. The summed E-state index contributed by atoms with van der Waals surface area (Å²) in [6.07, 6.45) is 1.23. The van der Waals surface area contributed by atoms with Gasteiger partial charge in [-0.15, -0.1) is 0 Å². The highest BCUT2D eigenvalue weighted by Gasteiger charge is 2.26. The van der Waals surface area contributed by atoms with Crippen LogP contribution in [0.5, 0.6) is 0 Å². The predicted molar refractivity (Wildman–Crippen MR) is 71.5 cm³/mol. The van der Waals surface area contributed by atoms with Crippen LogP contribution in [0, 0.1) is 0 Å². The second-order valence-electron chi connectivity index (χ2n) is 4.96. The van der Waals surface area contributed by atoms with Gasteiger partial charge in [0.25, 0.3) is 0 Å². The number of carbonyl (C=O) groups excluding carboxylic acids is 1. The first-order chi connectivity index (χ1) is 8.58. The molecule has 0 saturated heterocycles. The minimum atomic E-state index is -0.491. The highest BCUT2D eigenvalue weighted by molar-refractivity contribution is 5.85. The molecule has 1 aromatic carbocycles. The Kier molecular flexibility index (Phi) is 3.87. The number of nitrogens with one attached hydrogen (secondary N) is 1. The summed E-state index contributed by atoms with van der Waals surface area (Å²) < 4.78 is 0. The number of hydrogen-bond acceptors (Lipinski definition) is 3. The molecule has 1 aliphatic rings. The number of carbonyl (C=O) groups is 1. The Hall–Kier alpha value is -1.55. The molecule has 4 heteroatoms. The Morgan fingerprint density at radius 1 is 1.56 bits per heavy atom. The molecule has 1 heterocycles. The number of fused-ring (bicyclic) bond motifs is 1. The van der Waals surface area contributed by atoms with Gasteiger partial charge in [0.2, 0.25) is 5.91 Å². The lowest BCUT2D eigenvalue weighted by atomic mass is 9.97. The van der Waals surface area contributed by atoms with Crippen LogP contribution in [0.25, 0.3) is 0 Å². The van der Waals surface area contributed by atoms with E-state index in [0.717, 1.165) is 18.5 Å². The molecule has 1 aromatic rings. The number of anilines is 1. The number of aliphatic hydroxyl groups excluding tert-OH is 1. The number of nitrogens with zero attached hydrogens (tertiary/aromatic N) is 1. The fraction of sp³-hybridized carbons (Fsp3) is 0.500. The van der Waals surface area contributed by atoms with Gasteiger partial charge in [0.05, 0.1) is 6.10 Å². The van der Waals surface area contributed by atoms with E-state index in [9.17, 15) is 9.90 Å². The van der Waals surface area contributed by atoms with E-state index in [1.54, 1.807) is 18.9 Å². The first kappa shape index (κ1) is 12.9. The normalized spacial score (nSPS) is 19.6. The number of likely N-dealkylation sites (N-methyl/N-ethyl adjacent to an activating group) is 1. The number of rotatable bonds is 3. The van der Waals surface area contributed by atoms with Crippen molar-refractivity contribution in [2.45, 2.75) is 31.9 Å². The number of hydrogen-bond donors (Lipinski definition) is 2. The molecule has 2 atom stereocenters. The number of benzene rings is 1. The van der Waals surface area contributed by atoms with Gasteiger partial charge in [-0.25, -0.2) is 0 Å². The fourth-order valence-electron chi connectivity index (χ4n) is 2.38. The second-order valence-corrected chi connectivity index (χ2v) is 4.96. The van der Waals surface area contributed by atoms with Crippen molar-refractivity contribution in [3.8, 4) is 0 Å². The zero-order valence-electron chi connectivity index (χ0n) is 10.9. The lowest BCUT2D eigenvalue weighted by Crippen LogP contribution is -2.44. The minimum absolute atomic E-state index is 0.0467. The highest BCUT2D eigenvalue weighted by Crippen LogP contribution is 2.24. The van der Waals surface area contributed by atoms with Gasteiger partial charge in [0.15, 0.2) is 0 Å². The molecular formula is C14H20N2O2. The summed E-state index contributed by atoms with van der Waals surface area (Å²) in [4.78, 5) is 13.8. The summed E-state index contributed by atoms with van der Waals surface area (Å²) >= 11 is 0. The van der Waals surface area contributed by atoms with Crippen LogP contribution in [0.1, 0.15) is 18.9 Å². The minimum Gasteiger partial charge on any atom is -0.392 e. The molecule has 0 bridgehead atoms. The molecule has 2 N–H and O–H groups in total. The third-order valence-electron chi connectivity index (χ3n) is 3.26. The van der Waals surface area contributed by atoms with E-state index < -0.39 is 6.10 Å². The van der Waals surface area contributed by atoms with Crippen LogP contribution in [-0.4, -0.2) is 41.7 Å². The van der Waals surface area contributed by atoms with Gasteiger partial charge in [0.1, 0.15) is 6.04 Å². The van der Waals surface area contributed by atoms with Gasteiger partial charge in [-0.05, 0) is 31.4 Å². The lowest BCUT2D eigenvalue weighted by Gasteiger charge is -2.30. The van der Waals surface area contributed by atoms with Crippen LogP contribution >= 0.6 is 0 Å². The van der Waals surface area contributed by atoms with E-state index in [1.807, 2.05) is 18.2 Å². The van der Waals surface area contributed by atoms with Gasteiger partial charge in [-0.2, -0.15) is 0 Å². The van der Waals surface area contributed by atoms with Crippen LogP contribution < -0.4 is 5.32 Å². The van der Waals surface area contributed by atoms with Gasteiger partial charge in [-0.1, -0.05) is 18.2 Å². The van der Waals surface area contributed by atoms with E-state index >= 15 is 0 Å². The topological polar surface area (TPSA) is 52.6 Å². The maximum atomic E-state index is 12.2. The largest absolute Gasteiger partial charge is 0.392 e. The molecule has 0 aromatic heterocycles. The summed E-state index contributed by atoms with van der Waals surface area (Å²) in [5, 5.41) is 12.6. The van der Waals surface area contributed by atoms with E-state index in [2.05, 4.69) is 11.4 Å². The molecule has 2 rings (SSSR count). The van der Waals surface area contributed by atoms with Crippen LogP contribution in [0.2, 0.25) is 0 Å². The number of aryl methyl sites for hydroxylation is 1. The summed E-state index contributed by atoms with van der Waals surface area (Å²) in [7, 11) is 1.73. The molecular weight excluding hydrogens is 228 g/mol. The SMILES string of the molecule is CC(O)CN(C)C(=O)C1CCc2ccccc2N1. The van der Waals surface area contributed by atoms with E-state index in [-0.39, 0.29) is 11.9 Å². The van der Waals surface area contributed by atoms with Gasteiger partial charge < -0.3 is 15.3 Å². The molecule has 0 spiro atoms. The zero-order chi connectivity index (χ0) is 13.1. The van der Waals surface area contributed by atoms with Crippen molar-refractivity contribution in [1.29, 1.82) is 0 Å². The monoisotopic (exact) mass is 248 g/mol. The van der Waals surface area contributed by atoms with Crippen LogP contribution in [0.15, 0.2) is 24.3 Å².